The Kier molecular flexibility index (Phi) is 3.85. The van der Waals surface area contributed by atoms with E-state index < -0.39 is 0 Å². The molecule has 2 aromatic rings. The van der Waals surface area contributed by atoms with Crippen molar-refractivity contribution in [3.8, 4) is 0 Å². The fourth-order valence-corrected chi connectivity index (χ4v) is 2.98. The van der Waals surface area contributed by atoms with Crippen LogP contribution in [0, 0.1) is 5.92 Å². The fourth-order valence-electron chi connectivity index (χ4n) is 2.98. The van der Waals surface area contributed by atoms with Crippen molar-refractivity contribution in [3.63, 3.8) is 0 Å². The number of pyridine rings is 1. The summed E-state index contributed by atoms with van der Waals surface area (Å²) in [7, 11) is 1.99. The van der Waals surface area contributed by atoms with Crippen molar-refractivity contribution >= 4 is 10.9 Å². The average Bonchev–Trinajstić information content (AvgIpc) is 3.01. The lowest BCUT2D eigenvalue weighted by Gasteiger charge is -2.24. The minimum Gasteiger partial charge on any atom is -0.381 e. The molecule has 2 atom stereocenters. The number of aromatic nitrogens is 1. The van der Waals surface area contributed by atoms with Crippen LogP contribution in [0.4, 0.5) is 0 Å². The maximum Gasteiger partial charge on any atom is 0.189 e. The van der Waals surface area contributed by atoms with Gasteiger partial charge in [-0.25, -0.2) is 0 Å². The minimum atomic E-state index is 0.0852. The first-order valence-electron chi connectivity index (χ1n) is 7.13. The number of para-hydroxylation sites is 1. The van der Waals surface area contributed by atoms with Crippen LogP contribution in [0.3, 0.4) is 0 Å². The molecule has 2 heterocycles. The van der Waals surface area contributed by atoms with Crippen LogP contribution in [0.2, 0.25) is 0 Å². The van der Waals surface area contributed by atoms with Crippen molar-refractivity contribution in [2.75, 3.05) is 20.3 Å². The second-order valence-electron chi connectivity index (χ2n) is 5.37. The summed E-state index contributed by atoms with van der Waals surface area (Å²) in [5, 5.41) is 4.18. The highest BCUT2D eigenvalue weighted by Gasteiger charge is 2.24. The molecule has 1 saturated heterocycles. The molecule has 20 heavy (non-hydrogen) atoms. The molecule has 0 amide bonds. The number of ether oxygens (including phenoxy) is 1. The monoisotopic (exact) mass is 272 g/mol. The number of nitrogens with zero attached hydrogens (tertiary/aromatic N) is 1. The van der Waals surface area contributed by atoms with E-state index in [1.54, 1.807) is 6.07 Å². The quantitative estimate of drug-likeness (QED) is 0.920. The van der Waals surface area contributed by atoms with Crippen LogP contribution < -0.4 is 10.7 Å². The largest absolute Gasteiger partial charge is 0.381 e. The van der Waals surface area contributed by atoms with Gasteiger partial charge in [0.1, 0.15) is 0 Å². The Balaban J connectivity index is 1.93. The van der Waals surface area contributed by atoms with E-state index in [4.69, 9.17) is 4.74 Å². The Morgan fingerprint density at radius 2 is 2.25 bits per heavy atom. The standard InChI is InChI=1S/C16H20N2O2/c1-17-14(12-7-9-20-11-12)10-18-8-6-16(19)13-4-2-3-5-15(13)18/h2-6,8,12,14,17H,7,9-11H2,1H3. The predicted octanol–water partition coefficient (Wildman–Crippen LogP) is 1.63. The first kappa shape index (κ1) is 13.3. The van der Waals surface area contributed by atoms with Crippen LogP contribution in [0.5, 0.6) is 0 Å². The fraction of sp³-hybridized carbons (Fsp3) is 0.438. The van der Waals surface area contributed by atoms with Crippen molar-refractivity contribution in [1.29, 1.82) is 0 Å². The molecule has 0 bridgehead atoms. The maximum absolute atomic E-state index is 11.9. The smallest absolute Gasteiger partial charge is 0.189 e. The molecule has 4 heteroatoms. The molecule has 0 saturated carbocycles. The van der Waals surface area contributed by atoms with E-state index >= 15 is 0 Å². The van der Waals surface area contributed by atoms with Gasteiger partial charge < -0.3 is 14.6 Å². The molecule has 1 N–H and O–H groups in total. The van der Waals surface area contributed by atoms with Gasteiger partial charge in [-0.2, -0.15) is 0 Å². The van der Waals surface area contributed by atoms with Crippen LogP contribution in [-0.2, 0) is 11.3 Å². The Morgan fingerprint density at radius 3 is 3.00 bits per heavy atom. The Morgan fingerprint density at radius 1 is 1.40 bits per heavy atom. The third kappa shape index (κ3) is 2.49. The van der Waals surface area contributed by atoms with Gasteiger partial charge in [-0.05, 0) is 25.6 Å². The molecular formula is C16H20N2O2. The van der Waals surface area contributed by atoms with Crippen molar-refractivity contribution in [2.24, 2.45) is 5.92 Å². The maximum atomic E-state index is 11.9. The summed E-state index contributed by atoms with van der Waals surface area (Å²) in [6, 6.07) is 9.80. The summed E-state index contributed by atoms with van der Waals surface area (Å²) in [6.45, 7) is 2.53. The second kappa shape index (κ2) is 5.77. The van der Waals surface area contributed by atoms with E-state index in [0.717, 1.165) is 37.1 Å². The van der Waals surface area contributed by atoms with Gasteiger partial charge >= 0.3 is 0 Å². The number of hydrogen-bond donors (Lipinski definition) is 1. The molecule has 1 aliphatic rings. The second-order valence-corrected chi connectivity index (χ2v) is 5.37. The van der Waals surface area contributed by atoms with Gasteiger partial charge in [-0.15, -0.1) is 0 Å². The predicted molar refractivity (Wildman–Crippen MR) is 80.0 cm³/mol. The van der Waals surface area contributed by atoms with Crippen LogP contribution in [-0.4, -0.2) is 30.9 Å². The number of nitrogens with one attached hydrogen (secondary N) is 1. The van der Waals surface area contributed by atoms with Crippen LogP contribution in [0.1, 0.15) is 6.42 Å². The molecule has 1 aliphatic heterocycles. The van der Waals surface area contributed by atoms with Crippen molar-refractivity contribution in [3.05, 3.63) is 46.8 Å². The van der Waals surface area contributed by atoms with Gasteiger partial charge in [0.25, 0.3) is 0 Å². The zero-order valence-corrected chi connectivity index (χ0v) is 11.7. The Labute approximate surface area is 118 Å². The molecular weight excluding hydrogens is 252 g/mol. The number of benzene rings is 1. The van der Waals surface area contributed by atoms with Crippen LogP contribution in [0.15, 0.2) is 41.3 Å². The number of fused-ring (bicyclic) bond motifs is 1. The van der Waals surface area contributed by atoms with E-state index in [0.29, 0.717) is 12.0 Å². The first-order valence-corrected chi connectivity index (χ1v) is 7.13. The molecule has 106 valence electrons. The molecule has 0 aliphatic carbocycles. The highest BCUT2D eigenvalue weighted by molar-refractivity contribution is 5.78. The molecule has 0 radical (unpaired) electrons. The van der Waals surface area contributed by atoms with E-state index in [9.17, 15) is 4.79 Å². The molecule has 3 rings (SSSR count). The highest BCUT2D eigenvalue weighted by Crippen LogP contribution is 2.19. The Bertz CT molecular complexity index is 644. The zero-order valence-electron chi connectivity index (χ0n) is 11.7. The van der Waals surface area contributed by atoms with Gasteiger partial charge in [-0.1, -0.05) is 12.1 Å². The van der Waals surface area contributed by atoms with Crippen LogP contribution in [0.25, 0.3) is 10.9 Å². The molecule has 0 spiro atoms. The van der Waals surface area contributed by atoms with Crippen LogP contribution >= 0.6 is 0 Å². The third-order valence-corrected chi connectivity index (χ3v) is 4.18. The van der Waals surface area contributed by atoms with Gasteiger partial charge in [0, 0.05) is 42.8 Å². The number of hydrogen-bond acceptors (Lipinski definition) is 3. The lowest BCUT2D eigenvalue weighted by atomic mass is 9.99. The van der Waals surface area contributed by atoms with E-state index in [1.807, 2.05) is 37.5 Å². The molecule has 2 unspecified atom stereocenters. The third-order valence-electron chi connectivity index (χ3n) is 4.18. The summed E-state index contributed by atoms with van der Waals surface area (Å²) in [5.74, 6) is 0.540. The van der Waals surface area contributed by atoms with Crippen molar-refractivity contribution in [2.45, 2.75) is 19.0 Å². The highest BCUT2D eigenvalue weighted by atomic mass is 16.5. The Hall–Kier alpha value is -1.65. The lowest BCUT2D eigenvalue weighted by molar-refractivity contribution is 0.175. The molecule has 1 aromatic heterocycles. The van der Waals surface area contributed by atoms with Crippen molar-refractivity contribution < 1.29 is 4.74 Å². The summed E-state index contributed by atoms with van der Waals surface area (Å²) in [5.41, 5.74) is 1.08. The normalized spacial score (nSPS) is 20.4. The summed E-state index contributed by atoms with van der Waals surface area (Å²) < 4.78 is 7.65. The zero-order chi connectivity index (χ0) is 13.9. The summed E-state index contributed by atoms with van der Waals surface area (Å²) in [4.78, 5) is 11.9. The van der Waals surface area contributed by atoms with Gasteiger partial charge in [-0.3, -0.25) is 4.79 Å². The van der Waals surface area contributed by atoms with Gasteiger partial charge in [0.15, 0.2) is 5.43 Å². The molecule has 4 nitrogen and oxygen atoms in total. The average molecular weight is 272 g/mol. The summed E-state index contributed by atoms with van der Waals surface area (Å²) in [6.07, 6.45) is 2.99. The van der Waals surface area contributed by atoms with E-state index in [1.165, 1.54) is 0 Å². The molecule has 1 aromatic carbocycles. The SMILES string of the molecule is CNC(Cn1ccc(=O)c2ccccc21)C1CCOC1. The lowest BCUT2D eigenvalue weighted by Crippen LogP contribution is -2.38. The molecule has 1 fully saturated rings. The summed E-state index contributed by atoms with van der Waals surface area (Å²) >= 11 is 0. The number of likely N-dealkylation sites (N-methyl/N-ethyl adjacent to an activating group) is 1. The van der Waals surface area contributed by atoms with E-state index in [-0.39, 0.29) is 5.43 Å². The number of rotatable bonds is 4. The first-order chi connectivity index (χ1) is 9.79. The van der Waals surface area contributed by atoms with Crippen molar-refractivity contribution in [1.82, 2.24) is 9.88 Å². The minimum absolute atomic E-state index is 0.0852. The van der Waals surface area contributed by atoms with Gasteiger partial charge in [0.2, 0.25) is 0 Å². The van der Waals surface area contributed by atoms with Gasteiger partial charge in [0.05, 0.1) is 12.1 Å². The van der Waals surface area contributed by atoms with E-state index in [2.05, 4.69) is 9.88 Å². The topological polar surface area (TPSA) is 43.3 Å².